The van der Waals surface area contributed by atoms with Crippen molar-refractivity contribution in [2.24, 2.45) is 16.5 Å². The average molecular weight is 634 g/mol. The van der Waals surface area contributed by atoms with Gasteiger partial charge in [0.05, 0.1) is 27.4 Å². The second-order valence-electron chi connectivity index (χ2n) is 9.54. The number of carbonyl (C=O) groups is 2. The summed E-state index contributed by atoms with van der Waals surface area (Å²) in [6, 6.07) is 10.8. The highest BCUT2D eigenvalue weighted by molar-refractivity contribution is 7.99. The molecular formula is C27H35N7O7S2. The highest BCUT2D eigenvalue weighted by Gasteiger charge is 2.33. The van der Waals surface area contributed by atoms with Gasteiger partial charge in [0, 0.05) is 30.5 Å². The summed E-state index contributed by atoms with van der Waals surface area (Å²) >= 11 is 1.40. The minimum atomic E-state index is -4.17. The van der Waals surface area contributed by atoms with Gasteiger partial charge < -0.3 is 30.6 Å². The number of rotatable bonds is 13. The molecule has 0 saturated carbocycles. The van der Waals surface area contributed by atoms with E-state index in [1.54, 1.807) is 13.0 Å². The van der Waals surface area contributed by atoms with Crippen molar-refractivity contribution in [3.63, 3.8) is 0 Å². The van der Waals surface area contributed by atoms with E-state index in [4.69, 9.17) is 36.5 Å². The molecule has 0 aromatic heterocycles. The van der Waals surface area contributed by atoms with Crippen LogP contribution in [0.4, 0.5) is 0 Å². The fourth-order valence-electron chi connectivity index (χ4n) is 4.52. The van der Waals surface area contributed by atoms with Gasteiger partial charge in [-0.25, -0.2) is 8.42 Å². The molecule has 0 aliphatic carbocycles. The molecule has 1 unspecified atom stereocenters. The van der Waals surface area contributed by atoms with Gasteiger partial charge in [-0.3, -0.25) is 14.6 Å². The molecule has 1 amide bonds. The standard InChI is InChI=1S/C27H35N5O7S2.N2/c1-2-37-25(33)17-32(16-18-7-6-14-38-18)26(34)20(8-5-13-30-27(28)29)31-41(35,36)19-11-12-22-24(15-19)40-23-10-4-3-9-21(23)39-22;1-2/h3-4,9-12,15,18,20,31H,2,5-8,13-14,16-17H2,1H3,(H4,28,29,30);/t18?,20-;/m0./s1. The van der Waals surface area contributed by atoms with Crippen molar-refractivity contribution in [3.05, 3.63) is 42.5 Å². The summed E-state index contributed by atoms with van der Waals surface area (Å²) in [6.45, 7) is 2.39. The van der Waals surface area contributed by atoms with E-state index in [-0.39, 0.29) is 49.6 Å². The molecule has 2 heterocycles. The van der Waals surface area contributed by atoms with Crippen LogP contribution in [0.3, 0.4) is 0 Å². The SMILES string of the molecule is CCOC(=O)CN(CC1CCCO1)C(=O)[C@H](CCCN=C(N)N)NS(=O)(=O)c1ccc2c(c1)Sc1ccccc1O2.N#N. The van der Waals surface area contributed by atoms with Crippen molar-refractivity contribution in [1.82, 2.24) is 9.62 Å². The van der Waals surface area contributed by atoms with Crippen LogP contribution in [0.25, 0.3) is 0 Å². The lowest BCUT2D eigenvalue weighted by atomic mass is 10.1. The number of amides is 1. The largest absolute Gasteiger partial charge is 0.465 e. The summed E-state index contributed by atoms with van der Waals surface area (Å²) in [7, 11) is -4.17. The molecular weight excluding hydrogens is 598 g/mol. The Morgan fingerprint density at radius 1 is 1.19 bits per heavy atom. The van der Waals surface area contributed by atoms with Gasteiger partial charge in [0.2, 0.25) is 15.9 Å². The maximum absolute atomic E-state index is 13.8. The zero-order valence-corrected chi connectivity index (χ0v) is 25.3. The van der Waals surface area contributed by atoms with E-state index >= 15 is 0 Å². The van der Waals surface area contributed by atoms with Gasteiger partial charge in [0.1, 0.15) is 24.1 Å². The predicted octanol–water partition coefficient (Wildman–Crippen LogP) is 2.24. The first kappa shape index (κ1) is 33.6. The number of hydrogen-bond acceptors (Lipinski definition) is 11. The van der Waals surface area contributed by atoms with Crippen molar-refractivity contribution < 1.29 is 32.2 Å². The van der Waals surface area contributed by atoms with Crippen LogP contribution in [0.15, 0.2) is 62.1 Å². The zero-order valence-electron chi connectivity index (χ0n) is 23.7. The van der Waals surface area contributed by atoms with Gasteiger partial charge in [-0.15, -0.1) is 0 Å². The summed E-state index contributed by atoms with van der Waals surface area (Å²) in [5.41, 5.74) is 10.8. The number of sulfonamides is 1. The number of benzene rings is 2. The van der Waals surface area contributed by atoms with Gasteiger partial charge in [0.25, 0.3) is 0 Å². The molecule has 232 valence electrons. The van der Waals surface area contributed by atoms with E-state index in [1.807, 2.05) is 24.3 Å². The molecule has 5 N–H and O–H groups in total. The molecule has 2 aliphatic heterocycles. The molecule has 0 bridgehead atoms. The van der Waals surface area contributed by atoms with Gasteiger partial charge in [-0.05, 0) is 62.9 Å². The molecule has 43 heavy (non-hydrogen) atoms. The number of ether oxygens (including phenoxy) is 3. The number of esters is 1. The molecule has 14 nitrogen and oxygen atoms in total. The third kappa shape index (κ3) is 9.55. The average Bonchev–Trinajstić information content (AvgIpc) is 3.51. The fourth-order valence-corrected chi connectivity index (χ4v) is 6.83. The molecule has 2 aliphatic rings. The van der Waals surface area contributed by atoms with E-state index < -0.39 is 27.9 Å². The van der Waals surface area contributed by atoms with Crippen LogP contribution in [0.5, 0.6) is 11.5 Å². The van der Waals surface area contributed by atoms with Crippen molar-refractivity contribution in [2.75, 3.05) is 32.8 Å². The molecule has 2 aromatic carbocycles. The van der Waals surface area contributed by atoms with E-state index in [0.717, 1.165) is 17.7 Å². The quantitative estimate of drug-likeness (QED) is 0.0810. The monoisotopic (exact) mass is 633 g/mol. The molecule has 2 atom stereocenters. The Bertz CT molecular complexity index is 1430. The predicted molar refractivity (Wildman–Crippen MR) is 157 cm³/mol. The van der Waals surface area contributed by atoms with Gasteiger partial charge in [0.15, 0.2) is 5.96 Å². The molecule has 16 heteroatoms. The lowest BCUT2D eigenvalue weighted by Gasteiger charge is -2.29. The van der Waals surface area contributed by atoms with Crippen LogP contribution < -0.4 is 20.9 Å². The van der Waals surface area contributed by atoms with Gasteiger partial charge in [-0.1, -0.05) is 23.9 Å². The number of guanidine groups is 1. The lowest BCUT2D eigenvalue weighted by Crippen LogP contribution is -2.51. The Kier molecular flexibility index (Phi) is 12.6. The summed E-state index contributed by atoms with van der Waals surface area (Å²) in [5, 5.41) is 12.0. The van der Waals surface area contributed by atoms with Crippen molar-refractivity contribution in [1.29, 1.82) is 10.8 Å². The Hall–Kier alpha value is -3.91. The highest BCUT2D eigenvalue weighted by atomic mass is 32.2. The number of carbonyl (C=O) groups excluding carboxylic acids is 2. The van der Waals surface area contributed by atoms with E-state index in [0.29, 0.717) is 29.4 Å². The van der Waals surface area contributed by atoms with Crippen LogP contribution >= 0.6 is 11.8 Å². The Labute approximate surface area is 254 Å². The van der Waals surface area contributed by atoms with E-state index in [9.17, 15) is 18.0 Å². The first-order valence-electron chi connectivity index (χ1n) is 13.6. The number of nitrogens with one attached hydrogen (secondary N) is 1. The lowest BCUT2D eigenvalue weighted by molar-refractivity contribution is -0.150. The topological polar surface area (TPSA) is 223 Å². The molecule has 0 spiro atoms. The molecule has 2 aromatic rings. The number of nitrogens with zero attached hydrogens (tertiary/aromatic N) is 4. The van der Waals surface area contributed by atoms with E-state index in [2.05, 4.69) is 9.71 Å². The van der Waals surface area contributed by atoms with Gasteiger partial charge in [-0.2, -0.15) is 4.72 Å². The first-order chi connectivity index (χ1) is 20.7. The minimum Gasteiger partial charge on any atom is -0.465 e. The highest BCUT2D eigenvalue weighted by Crippen LogP contribution is 2.47. The molecule has 1 fully saturated rings. The Morgan fingerprint density at radius 2 is 1.93 bits per heavy atom. The molecule has 0 radical (unpaired) electrons. The van der Waals surface area contributed by atoms with Crippen LogP contribution in [0, 0.1) is 10.8 Å². The maximum atomic E-state index is 13.8. The van der Waals surface area contributed by atoms with E-state index in [1.165, 1.54) is 28.8 Å². The van der Waals surface area contributed by atoms with Crippen LogP contribution in [-0.2, 0) is 29.1 Å². The van der Waals surface area contributed by atoms with Gasteiger partial charge >= 0.3 is 5.97 Å². The smallest absolute Gasteiger partial charge is 0.325 e. The molecule has 1 saturated heterocycles. The third-order valence-corrected chi connectivity index (χ3v) is 9.01. The first-order valence-corrected chi connectivity index (χ1v) is 15.9. The number of nitrogens with two attached hydrogens (primary N) is 2. The van der Waals surface area contributed by atoms with Crippen LogP contribution in [0.1, 0.15) is 32.6 Å². The summed E-state index contributed by atoms with van der Waals surface area (Å²) in [6.07, 6.45) is 1.72. The number of hydrogen-bond donors (Lipinski definition) is 3. The second kappa shape index (κ2) is 16.1. The Balaban J connectivity index is 0.00000248. The summed E-state index contributed by atoms with van der Waals surface area (Å²) in [4.78, 5) is 32.9. The van der Waals surface area contributed by atoms with Crippen LogP contribution in [0.2, 0.25) is 0 Å². The number of para-hydroxylation sites is 1. The second-order valence-corrected chi connectivity index (χ2v) is 12.3. The molecule has 4 rings (SSSR count). The number of aliphatic imine (C=N–C) groups is 1. The summed E-state index contributed by atoms with van der Waals surface area (Å²) in [5.74, 6) is -0.0294. The maximum Gasteiger partial charge on any atom is 0.325 e. The van der Waals surface area contributed by atoms with Crippen molar-refractivity contribution in [3.8, 4) is 11.5 Å². The summed E-state index contributed by atoms with van der Waals surface area (Å²) < 4.78 is 46.4. The normalized spacial score (nSPS) is 15.8. The third-order valence-electron chi connectivity index (χ3n) is 6.44. The minimum absolute atomic E-state index is 0.0233. The van der Waals surface area contributed by atoms with Crippen molar-refractivity contribution in [2.45, 2.75) is 59.4 Å². The zero-order chi connectivity index (χ0) is 31.4. The number of fused-ring (bicyclic) bond motifs is 2. The fraction of sp³-hybridized carbons (Fsp3) is 0.444. The van der Waals surface area contributed by atoms with Crippen LogP contribution in [-0.4, -0.2) is 76.1 Å². The van der Waals surface area contributed by atoms with Crippen molar-refractivity contribution >= 4 is 39.6 Å². The Morgan fingerprint density at radius 3 is 2.63 bits per heavy atom.